The van der Waals surface area contributed by atoms with Crippen LogP contribution in [0.1, 0.15) is 32.1 Å². The molecule has 0 radical (unpaired) electrons. The lowest BCUT2D eigenvalue weighted by Crippen LogP contribution is -2.46. The van der Waals surface area contributed by atoms with E-state index in [1.807, 2.05) is 0 Å². The van der Waals surface area contributed by atoms with E-state index in [1.165, 1.54) is 50.4 Å². The number of thioether (sulfide) groups is 2. The topological polar surface area (TPSA) is 38.5 Å². The fraction of sp³-hybridized carbons (Fsp3) is 1.00. The Morgan fingerprint density at radius 3 is 2.85 bits per heavy atom. The predicted molar refractivity (Wildman–Crippen MR) is 89.4 cm³/mol. The fourth-order valence-corrected chi connectivity index (χ4v) is 6.45. The predicted octanol–water partition coefficient (Wildman–Crippen LogP) is 2.40. The van der Waals surface area contributed by atoms with E-state index < -0.39 is 0 Å². The van der Waals surface area contributed by atoms with Gasteiger partial charge in [-0.2, -0.15) is 0 Å². The van der Waals surface area contributed by atoms with Crippen molar-refractivity contribution in [3.63, 3.8) is 0 Å². The first-order valence-corrected chi connectivity index (χ1v) is 10.2. The monoisotopic (exact) mass is 316 g/mol. The summed E-state index contributed by atoms with van der Waals surface area (Å²) in [5, 5.41) is 0. The molecule has 0 aromatic rings. The molecule has 3 heterocycles. The molecule has 116 valence electrons. The van der Waals surface area contributed by atoms with Gasteiger partial charge in [0.2, 0.25) is 0 Å². The van der Waals surface area contributed by atoms with Gasteiger partial charge in [0.25, 0.3) is 0 Å². The lowest BCUT2D eigenvalue weighted by molar-refractivity contribution is -0.0468. The number of rotatable bonds is 4. The zero-order valence-corrected chi connectivity index (χ0v) is 14.0. The first-order chi connectivity index (χ1) is 9.81. The van der Waals surface area contributed by atoms with E-state index in [-0.39, 0.29) is 0 Å². The van der Waals surface area contributed by atoms with E-state index in [1.54, 1.807) is 0 Å². The lowest BCUT2D eigenvalue weighted by atomic mass is 9.87. The van der Waals surface area contributed by atoms with Gasteiger partial charge in [-0.3, -0.25) is 0 Å². The van der Waals surface area contributed by atoms with E-state index in [2.05, 4.69) is 28.4 Å². The van der Waals surface area contributed by atoms with Crippen molar-refractivity contribution in [3.05, 3.63) is 0 Å². The van der Waals surface area contributed by atoms with E-state index in [0.29, 0.717) is 12.1 Å². The van der Waals surface area contributed by atoms with Gasteiger partial charge in [-0.05, 0) is 44.6 Å². The van der Waals surface area contributed by atoms with Gasteiger partial charge in [-0.25, -0.2) is 0 Å². The zero-order valence-electron chi connectivity index (χ0n) is 12.3. The fourth-order valence-electron chi connectivity index (χ4n) is 3.64. The van der Waals surface area contributed by atoms with Gasteiger partial charge < -0.3 is 15.4 Å². The zero-order chi connectivity index (χ0) is 13.8. The van der Waals surface area contributed by atoms with E-state index in [0.717, 1.165) is 29.9 Å². The number of piperidine rings is 1. The number of ether oxygens (including phenoxy) is 1. The van der Waals surface area contributed by atoms with Gasteiger partial charge >= 0.3 is 0 Å². The number of nitrogens with two attached hydrogens (primary N) is 1. The quantitative estimate of drug-likeness (QED) is 0.862. The number of hydrogen-bond donors (Lipinski definition) is 1. The summed E-state index contributed by atoms with van der Waals surface area (Å²) in [7, 11) is 0. The second-order valence-electron chi connectivity index (χ2n) is 6.36. The first kappa shape index (κ1) is 15.5. The molecule has 0 spiro atoms. The Balaban J connectivity index is 1.43. The largest absolute Gasteiger partial charge is 0.378 e. The molecule has 3 saturated heterocycles. The highest BCUT2D eigenvalue weighted by molar-refractivity contribution is 8.20. The molecular weight excluding hydrogens is 288 g/mol. The summed E-state index contributed by atoms with van der Waals surface area (Å²) in [6.07, 6.45) is 6.57. The Morgan fingerprint density at radius 2 is 2.05 bits per heavy atom. The van der Waals surface area contributed by atoms with Crippen LogP contribution in [0, 0.1) is 5.92 Å². The minimum Gasteiger partial charge on any atom is -0.378 e. The lowest BCUT2D eigenvalue weighted by Gasteiger charge is -2.39. The number of hydrogen-bond acceptors (Lipinski definition) is 5. The van der Waals surface area contributed by atoms with Crippen molar-refractivity contribution in [3.8, 4) is 0 Å². The van der Waals surface area contributed by atoms with Crippen LogP contribution in [0.15, 0.2) is 0 Å². The normalized spacial score (nSPS) is 37.4. The van der Waals surface area contributed by atoms with Gasteiger partial charge in [0.1, 0.15) is 0 Å². The summed E-state index contributed by atoms with van der Waals surface area (Å²) in [6.45, 7) is 4.67. The molecule has 5 heteroatoms. The molecule has 0 aromatic heterocycles. The third-order valence-electron chi connectivity index (χ3n) is 4.80. The van der Waals surface area contributed by atoms with Crippen LogP contribution in [0.4, 0.5) is 0 Å². The molecule has 3 aliphatic heterocycles. The highest BCUT2D eigenvalue weighted by Gasteiger charge is 2.31. The van der Waals surface area contributed by atoms with Crippen LogP contribution >= 0.6 is 23.5 Å². The molecule has 3 rings (SSSR count). The Kier molecular flexibility index (Phi) is 5.98. The highest BCUT2D eigenvalue weighted by atomic mass is 32.2. The standard InChI is InChI=1S/C15H28N2OS2/c16-13-4-7-18-14(10-13)12-2-1-5-17(11-12)6-3-15-19-8-9-20-15/h12-15H,1-11,16H2. The second-order valence-corrected chi connectivity index (χ2v) is 9.28. The van der Waals surface area contributed by atoms with Gasteiger partial charge in [-0.1, -0.05) is 0 Å². The molecule has 3 unspecified atom stereocenters. The van der Waals surface area contributed by atoms with Crippen LogP contribution in [-0.4, -0.2) is 59.4 Å². The molecule has 0 amide bonds. The van der Waals surface area contributed by atoms with Gasteiger partial charge in [0.15, 0.2) is 0 Å². The summed E-state index contributed by atoms with van der Waals surface area (Å²) >= 11 is 4.31. The summed E-state index contributed by atoms with van der Waals surface area (Å²) < 4.78 is 6.86. The smallest absolute Gasteiger partial charge is 0.0630 e. The Hall–Kier alpha value is 0.580. The second kappa shape index (κ2) is 7.73. The van der Waals surface area contributed by atoms with Crippen LogP contribution in [0.3, 0.4) is 0 Å². The molecule has 20 heavy (non-hydrogen) atoms. The molecule has 0 aliphatic carbocycles. The molecule has 3 atom stereocenters. The van der Waals surface area contributed by atoms with Crippen LogP contribution < -0.4 is 5.73 Å². The van der Waals surface area contributed by atoms with Crippen LogP contribution in [-0.2, 0) is 4.74 Å². The molecule has 0 aromatic carbocycles. The summed E-state index contributed by atoms with van der Waals surface area (Å²) in [5.41, 5.74) is 6.11. The van der Waals surface area contributed by atoms with Crippen LogP contribution in [0.5, 0.6) is 0 Å². The Morgan fingerprint density at radius 1 is 1.20 bits per heavy atom. The Bertz CT molecular complexity index is 300. The van der Waals surface area contributed by atoms with E-state index >= 15 is 0 Å². The third-order valence-corrected chi connectivity index (χ3v) is 7.96. The molecular formula is C15H28N2OS2. The number of nitrogens with zero attached hydrogens (tertiary/aromatic N) is 1. The van der Waals surface area contributed by atoms with Crippen molar-refractivity contribution in [2.45, 2.75) is 48.8 Å². The average Bonchev–Trinajstić information content (AvgIpc) is 2.99. The van der Waals surface area contributed by atoms with E-state index in [9.17, 15) is 0 Å². The van der Waals surface area contributed by atoms with E-state index in [4.69, 9.17) is 10.5 Å². The average molecular weight is 317 g/mol. The van der Waals surface area contributed by atoms with Crippen LogP contribution in [0.2, 0.25) is 0 Å². The summed E-state index contributed by atoms with van der Waals surface area (Å²) in [4.78, 5) is 2.68. The molecule has 2 N–H and O–H groups in total. The van der Waals surface area contributed by atoms with Crippen molar-refractivity contribution in [1.29, 1.82) is 0 Å². The maximum absolute atomic E-state index is 6.11. The van der Waals surface area contributed by atoms with Crippen molar-refractivity contribution in [2.75, 3.05) is 37.7 Å². The molecule has 3 nitrogen and oxygen atoms in total. The molecule has 3 aliphatic rings. The summed E-state index contributed by atoms with van der Waals surface area (Å²) in [5.74, 6) is 3.43. The highest BCUT2D eigenvalue weighted by Crippen LogP contribution is 2.35. The van der Waals surface area contributed by atoms with Crippen molar-refractivity contribution in [1.82, 2.24) is 4.90 Å². The maximum Gasteiger partial charge on any atom is 0.0630 e. The third kappa shape index (κ3) is 4.29. The molecule has 3 fully saturated rings. The SMILES string of the molecule is NC1CCOC(C2CCCN(CCC3SCCS3)C2)C1. The van der Waals surface area contributed by atoms with Crippen LogP contribution in [0.25, 0.3) is 0 Å². The first-order valence-electron chi connectivity index (χ1n) is 8.14. The maximum atomic E-state index is 6.11. The Labute approximate surface area is 131 Å². The van der Waals surface area contributed by atoms with Gasteiger partial charge in [0, 0.05) is 37.2 Å². The molecule has 0 saturated carbocycles. The van der Waals surface area contributed by atoms with Crippen molar-refractivity contribution in [2.24, 2.45) is 11.7 Å². The minimum atomic E-state index is 0.371. The molecule has 0 bridgehead atoms. The number of likely N-dealkylation sites (tertiary alicyclic amines) is 1. The van der Waals surface area contributed by atoms with Gasteiger partial charge in [-0.15, -0.1) is 23.5 Å². The van der Waals surface area contributed by atoms with Gasteiger partial charge in [0.05, 0.1) is 10.7 Å². The van der Waals surface area contributed by atoms with Crippen molar-refractivity contribution >= 4 is 23.5 Å². The van der Waals surface area contributed by atoms with Crippen molar-refractivity contribution < 1.29 is 4.74 Å². The minimum absolute atomic E-state index is 0.371. The summed E-state index contributed by atoms with van der Waals surface area (Å²) in [6, 6.07) is 0.371.